The first-order chi connectivity index (χ1) is 13.7. The van der Waals surface area contributed by atoms with Crippen molar-refractivity contribution in [2.45, 2.75) is 65.0 Å². The summed E-state index contributed by atoms with van der Waals surface area (Å²) in [6, 6.07) is 10.3. The first-order valence-electron chi connectivity index (χ1n) is 10.6. The zero-order valence-electron chi connectivity index (χ0n) is 17.7. The van der Waals surface area contributed by atoms with E-state index >= 15 is 0 Å². The highest BCUT2D eigenvalue weighted by molar-refractivity contribution is 14.0. The van der Waals surface area contributed by atoms with Gasteiger partial charge in [0.2, 0.25) is 0 Å². The van der Waals surface area contributed by atoms with Gasteiger partial charge in [-0.1, -0.05) is 68.9 Å². The molecule has 0 aliphatic heterocycles. The number of nitrogens with zero attached hydrogens (tertiary/aromatic N) is 4. The molecule has 1 aromatic carbocycles. The van der Waals surface area contributed by atoms with Crippen molar-refractivity contribution in [2.24, 2.45) is 18.0 Å². The maximum Gasteiger partial charge on any atom is 0.191 e. The van der Waals surface area contributed by atoms with Crippen LogP contribution in [0, 0.1) is 12.8 Å². The number of benzene rings is 1. The number of unbranched alkanes of at least 4 members (excludes halogenated alkanes) is 1. The van der Waals surface area contributed by atoms with E-state index in [2.05, 4.69) is 45.1 Å². The number of nitrogens with one attached hydrogen (secondary N) is 2. The molecule has 6 nitrogen and oxygen atoms in total. The largest absolute Gasteiger partial charge is 0.356 e. The SMILES string of the molecule is Cc1nnc(CNC(=NCc2ccccc2)NCCCCC2CCCC2)n1C.I. The predicted molar refractivity (Wildman–Crippen MR) is 129 cm³/mol. The third kappa shape index (κ3) is 7.95. The van der Waals surface area contributed by atoms with Crippen molar-refractivity contribution in [3.05, 3.63) is 47.5 Å². The molecule has 0 atom stereocenters. The fourth-order valence-electron chi connectivity index (χ4n) is 3.76. The molecule has 0 spiro atoms. The number of halogens is 1. The van der Waals surface area contributed by atoms with E-state index in [4.69, 9.17) is 4.99 Å². The van der Waals surface area contributed by atoms with E-state index in [1.54, 1.807) is 0 Å². The quantitative estimate of drug-likeness (QED) is 0.228. The second-order valence-corrected chi connectivity index (χ2v) is 7.80. The number of aromatic nitrogens is 3. The Hall–Kier alpha value is -1.64. The van der Waals surface area contributed by atoms with E-state index in [-0.39, 0.29) is 24.0 Å². The molecular weight excluding hydrogens is 475 g/mol. The molecule has 2 aromatic rings. The van der Waals surface area contributed by atoms with E-state index in [0.29, 0.717) is 13.1 Å². The highest BCUT2D eigenvalue weighted by Crippen LogP contribution is 2.28. The summed E-state index contributed by atoms with van der Waals surface area (Å²) in [6.45, 7) is 4.19. The molecule has 0 amide bonds. The van der Waals surface area contributed by atoms with Crippen LogP contribution < -0.4 is 10.6 Å². The molecule has 1 aliphatic rings. The Kier molecular flexibility index (Phi) is 10.5. The van der Waals surface area contributed by atoms with Crippen molar-refractivity contribution in [1.29, 1.82) is 0 Å². The molecule has 7 heteroatoms. The first kappa shape index (κ1) is 23.6. The Labute approximate surface area is 192 Å². The Morgan fingerprint density at radius 2 is 1.86 bits per heavy atom. The normalized spacial score (nSPS) is 14.6. The highest BCUT2D eigenvalue weighted by atomic mass is 127. The maximum absolute atomic E-state index is 4.76. The van der Waals surface area contributed by atoms with Gasteiger partial charge in [-0.15, -0.1) is 34.2 Å². The van der Waals surface area contributed by atoms with E-state index in [1.165, 1.54) is 50.5 Å². The highest BCUT2D eigenvalue weighted by Gasteiger charge is 2.14. The summed E-state index contributed by atoms with van der Waals surface area (Å²) < 4.78 is 2.00. The molecule has 1 heterocycles. The lowest BCUT2D eigenvalue weighted by molar-refractivity contribution is 0.472. The second kappa shape index (κ2) is 12.8. The summed E-state index contributed by atoms with van der Waals surface area (Å²) >= 11 is 0. The lowest BCUT2D eigenvalue weighted by Gasteiger charge is -2.13. The standard InChI is InChI=1S/C22H34N6.HI/c1-18-26-27-21(28(18)2)17-25-22(24-16-20-13-4-3-5-14-20)23-15-9-8-12-19-10-6-7-11-19;/h3-5,13-14,19H,6-12,15-17H2,1-2H3,(H2,23,24,25);1H. The van der Waals surface area contributed by atoms with Gasteiger partial charge in [-0.3, -0.25) is 0 Å². The van der Waals surface area contributed by atoms with E-state index in [9.17, 15) is 0 Å². The average Bonchev–Trinajstić information content (AvgIpc) is 3.35. The Morgan fingerprint density at radius 1 is 1.10 bits per heavy atom. The van der Waals surface area contributed by atoms with Gasteiger partial charge in [0.15, 0.2) is 11.8 Å². The van der Waals surface area contributed by atoms with E-state index < -0.39 is 0 Å². The van der Waals surface area contributed by atoms with Gasteiger partial charge < -0.3 is 15.2 Å². The Bertz CT molecular complexity index is 737. The van der Waals surface area contributed by atoms with Gasteiger partial charge in [0.05, 0.1) is 13.1 Å². The molecule has 0 radical (unpaired) electrons. The second-order valence-electron chi connectivity index (χ2n) is 7.80. The molecule has 2 N–H and O–H groups in total. The molecule has 0 bridgehead atoms. The van der Waals surface area contributed by atoms with Crippen LogP contribution in [0.25, 0.3) is 0 Å². The first-order valence-corrected chi connectivity index (χ1v) is 10.6. The van der Waals surface area contributed by atoms with Crippen LogP contribution in [0.4, 0.5) is 0 Å². The summed E-state index contributed by atoms with van der Waals surface area (Å²) in [4.78, 5) is 4.76. The van der Waals surface area contributed by atoms with E-state index in [1.807, 2.05) is 24.6 Å². The lowest BCUT2D eigenvalue weighted by Crippen LogP contribution is -2.38. The number of hydrogen-bond donors (Lipinski definition) is 2. The van der Waals surface area contributed by atoms with Crippen LogP contribution in [0.15, 0.2) is 35.3 Å². The number of aliphatic imine (C=N–C) groups is 1. The number of aryl methyl sites for hydroxylation is 1. The van der Waals surface area contributed by atoms with Crippen LogP contribution in [0.3, 0.4) is 0 Å². The van der Waals surface area contributed by atoms with Crippen LogP contribution in [0.2, 0.25) is 0 Å². The summed E-state index contributed by atoms with van der Waals surface area (Å²) in [6.07, 6.45) is 9.61. The number of hydrogen-bond acceptors (Lipinski definition) is 3. The van der Waals surface area contributed by atoms with Crippen molar-refractivity contribution < 1.29 is 0 Å². The smallest absolute Gasteiger partial charge is 0.191 e. The monoisotopic (exact) mass is 510 g/mol. The minimum absolute atomic E-state index is 0. The van der Waals surface area contributed by atoms with Crippen LogP contribution in [0.5, 0.6) is 0 Å². The minimum atomic E-state index is 0. The molecule has 29 heavy (non-hydrogen) atoms. The van der Waals surface area contributed by atoms with Crippen molar-refractivity contribution in [3.63, 3.8) is 0 Å². The van der Waals surface area contributed by atoms with Gasteiger partial charge in [-0.25, -0.2) is 4.99 Å². The summed E-state index contributed by atoms with van der Waals surface area (Å²) in [7, 11) is 1.99. The summed E-state index contributed by atoms with van der Waals surface area (Å²) in [5, 5.41) is 15.3. The Balaban J connectivity index is 0.00000300. The van der Waals surface area contributed by atoms with E-state index in [0.717, 1.165) is 30.1 Å². The summed E-state index contributed by atoms with van der Waals surface area (Å²) in [5.41, 5.74) is 1.21. The summed E-state index contributed by atoms with van der Waals surface area (Å²) in [5.74, 6) is 3.64. The third-order valence-corrected chi connectivity index (χ3v) is 5.67. The van der Waals surface area contributed by atoms with Gasteiger partial charge in [0.25, 0.3) is 0 Å². The number of guanidine groups is 1. The lowest BCUT2D eigenvalue weighted by atomic mass is 10.0. The molecule has 160 valence electrons. The zero-order chi connectivity index (χ0) is 19.6. The molecule has 0 unspecified atom stereocenters. The van der Waals surface area contributed by atoms with Crippen LogP contribution in [-0.4, -0.2) is 27.3 Å². The fourth-order valence-corrected chi connectivity index (χ4v) is 3.76. The molecule has 1 fully saturated rings. The molecular formula is C22H35IN6. The molecule has 1 aliphatic carbocycles. The Morgan fingerprint density at radius 3 is 2.55 bits per heavy atom. The van der Waals surface area contributed by atoms with Gasteiger partial charge >= 0.3 is 0 Å². The third-order valence-electron chi connectivity index (χ3n) is 5.67. The van der Waals surface area contributed by atoms with Gasteiger partial charge in [0, 0.05) is 13.6 Å². The van der Waals surface area contributed by atoms with Gasteiger partial charge in [-0.05, 0) is 24.8 Å². The zero-order valence-corrected chi connectivity index (χ0v) is 20.1. The van der Waals surface area contributed by atoms with Crippen molar-refractivity contribution in [2.75, 3.05) is 6.54 Å². The molecule has 1 aromatic heterocycles. The van der Waals surface area contributed by atoms with Gasteiger partial charge in [0.1, 0.15) is 5.82 Å². The van der Waals surface area contributed by atoms with Crippen LogP contribution in [-0.2, 0) is 20.1 Å². The van der Waals surface area contributed by atoms with Crippen molar-refractivity contribution >= 4 is 29.9 Å². The number of rotatable bonds is 9. The average molecular weight is 510 g/mol. The maximum atomic E-state index is 4.76. The molecule has 0 saturated heterocycles. The predicted octanol–water partition coefficient (Wildman–Crippen LogP) is 4.34. The van der Waals surface area contributed by atoms with Crippen LogP contribution in [0.1, 0.15) is 62.2 Å². The molecule has 1 saturated carbocycles. The van der Waals surface area contributed by atoms with Crippen molar-refractivity contribution in [1.82, 2.24) is 25.4 Å². The fraction of sp³-hybridized carbons (Fsp3) is 0.591. The van der Waals surface area contributed by atoms with Gasteiger partial charge in [-0.2, -0.15) is 0 Å². The minimum Gasteiger partial charge on any atom is -0.356 e. The van der Waals surface area contributed by atoms with Crippen LogP contribution >= 0.6 is 24.0 Å². The van der Waals surface area contributed by atoms with Crippen molar-refractivity contribution in [3.8, 4) is 0 Å². The molecule has 3 rings (SSSR count). The topological polar surface area (TPSA) is 67.1 Å².